The Kier molecular flexibility index (Phi) is 3.27. The maximum absolute atomic E-state index is 11.2. The fourth-order valence-electron chi connectivity index (χ4n) is 1.76. The van der Waals surface area contributed by atoms with Crippen LogP contribution >= 0.6 is 0 Å². The maximum Gasteiger partial charge on any atom is 0.411 e. The van der Waals surface area contributed by atoms with Crippen molar-refractivity contribution in [2.75, 3.05) is 18.0 Å². The van der Waals surface area contributed by atoms with E-state index in [0.717, 1.165) is 10.9 Å². The molecule has 0 unspecified atom stereocenters. The summed E-state index contributed by atoms with van der Waals surface area (Å²) in [6.07, 6.45) is 0.598. The number of hydrogen-bond acceptors (Lipinski definition) is 3. The van der Waals surface area contributed by atoms with E-state index >= 15 is 0 Å². The van der Waals surface area contributed by atoms with Gasteiger partial charge in [0.15, 0.2) is 0 Å². The van der Waals surface area contributed by atoms with Crippen molar-refractivity contribution in [1.29, 1.82) is 0 Å². The minimum absolute atomic E-state index is 0.172. The van der Waals surface area contributed by atoms with E-state index in [4.69, 9.17) is 10.3 Å². The van der Waals surface area contributed by atoms with Crippen LogP contribution in [0.5, 0.6) is 0 Å². The van der Waals surface area contributed by atoms with Crippen LogP contribution in [0.3, 0.4) is 0 Å². The third kappa shape index (κ3) is 2.22. The highest BCUT2D eigenvalue weighted by molar-refractivity contribution is 6.00. The summed E-state index contributed by atoms with van der Waals surface area (Å²) in [5.74, 6) is 0. The van der Waals surface area contributed by atoms with Crippen molar-refractivity contribution in [3.05, 3.63) is 30.5 Å². The van der Waals surface area contributed by atoms with Crippen LogP contribution in [0, 0.1) is 0 Å². The number of H-pyrrole nitrogens is 1. The summed E-state index contributed by atoms with van der Waals surface area (Å²) >= 11 is 0. The highest BCUT2D eigenvalue weighted by Crippen LogP contribution is 2.26. The number of aromatic nitrogens is 1. The molecule has 1 aromatic carbocycles. The molecule has 2 aromatic rings. The average molecular weight is 235 g/mol. The van der Waals surface area contributed by atoms with Gasteiger partial charge in [-0.2, -0.15) is 0 Å². The van der Waals surface area contributed by atoms with Gasteiger partial charge in [-0.15, -0.1) is 0 Å². The van der Waals surface area contributed by atoms with Gasteiger partial charge in [0.2, 0.25) is 0 Å². The van der Waals surface area contributed by atoms with Gasteiger partial charge in [0.1, 0.15) is 0 Å². The van der Waals surface area contributed by atoms with Crippen molar-refractivity contribution >= 4 is 22.7 Å². The number of carboxylic acid groups (broad SMARTS) is 1. The second-order valence-electron chi connectivity index (χ2n) is 3.56. The second kappa shape index (κ2) is 4.86. The van der Waals surface area contributed by atoms with Crippen LogP contribution < -0.4 is 10.4 Å². The number of hydrogen-bond donors (Lipinski definition) is 4. The monoisotopic (exact) mass is 235 g/mol. The van der Waals surface area contributed by atoms with Crippen LogP contribution in [0.1, 0.15) is 0 Å². The first kappa shape index (κ1) is 11.4. The van der Waals surface area contributed by atoms with E-state index < -0.39 is 6.09 Å². The van der Waals surface area contributed by atoms with Crippen LogP contribution in [0.4, 0.5) is 10.5 Å². The largest absolute Gasteiger partial charge is 0.465 e. The van der Waals surface area contributed by atoms with Crippen LogP contribution in [0.2, 0.25) is 0 Å². The van der Waals surface area contributed by atoms with E-state index in [-0.39, 0.29) is 13.1 Å². The Hall–Kier alpha value is -2.05. The highest BCUT2D eigenvalue weighted by atomic mass is 16.5. The number of para-hydroxylation sites is 1. The van der Waals surface area contributed by atoms with Crippen molar-refractivity contribution in [3.63, 3.8) is 0 Å². The van der Waals surface area contributed by atoms with Crippen molar-refractivity contribution in [2.24, 2.45) is 0 Å². The summed E-state index contributed by atoms with van der Waals surface area (Å²) in [5.41, 5.74) is 3.41. The molecule has 0 spiro atoms. The lowest BCUT2D eigenvalue weighted by Crippen LogP contribution is -2.35. The van der Waals surface area contributed by atoms with Gasteiger partial charge in [-0.1, -0.05) is 18.2 Å². The van der Waals surface area contributed by atoms with E-state index in [1.54, 1.807) is 6.20 Å². The molecular formula is C11H13N3O3. The molecule has 0 saturated carbocycles. The van der Waals surface area contributed by atoms with Gasteiger partial charge in [0.05, 0.1) is 5.69 Å². The molecule has 2 rings (SSSR count). The summed E-state index contributed by atoms with van der Waals surface area (Å²) < 4.78 is 0. The summed E-state index contributed by atoms with van der Waals surface area (Å²) in [7, 11) is 0. The molecule has 1 heterocycles. The number of nitrogens with zero attached hydrogens (tertiary/aromatic N) is 1. The molecule has 6 nitrogen and oxygen atoms in total. The molecule has 1 amide bonds. The highest BCUT2D eigenvalue weighted by Gasteiger charge is 2.17. The molecule has 0 fully saturated rings. The van der Waals surface area contributed by atoms with Crippen LogP contribution in [0.15, 0.2) is 30.5 Å². The Morgan fingerprint density at radius 2 is 2.18 bits per heavy atom. The van der Waals surface area contributed by atoms with Gasteiger partial charge < -0.3 is 15.3 Å². The molecule has 1 aromatic heterocycles. The van der Waals surface area contributed by atoms with Gasteiger partial charge in [-0.3, -0.25) is 4.90 Å². The predicted molar refractivity (Wildman–Crippen MR) is 63.5 cm³/mol. The van der Waals surface area contributed by atoms with Crippen LogP contribution in [-0.4, -0.2) is 34.5 Å². The number of anilines is 1. The van der Waals surface area contributed by atoms with E-state index in [1.165, 1.54) is 4.90 Å². The third-order valence-electron chi connectivity index (χ3n) is 2.54. The molecule has 0 aliphatic rings. The molecule has 0 atom stereocenters. The van der Waals surface area contributed by atoms with Crippen molar-refractivity contribution in [3.8, 4) is 0 Å². The molecule has 0 saturated heterocycles. The van der Waals surface area contributed by atoms with E-state index in [9.17, 15) is 4.79 Å². The fourth-order valence-corrected chi connectivity index (χ4v) is 1.76. The third-order valence-corrected chi connectivity index (χ3v) is 2.54. The molecule has 0 radical (unpaired) electrons. The van der Waals surface area contributed by atoms with Gasteiger partial charge in [0, 0.05) is 30.2 Å². The summed E-state index contributed by atoms with van der Waals surface area (Å²) in [5, 5.41) is 18.5. The topological polar surface area (TPSA) is 88.6 Å². The molecule has 0 aliphatic carbocycles. The maximum atomic E-state index is 11.2. The molecule has 0 bridgehead atoms. The smallest absolute Gasteiger partial charge is 0.411 e. The van der Waals surface area contributed by atoms with E-state index in [0.29, 0.717) is 5.69 Å². The number of amides is 1. The predicted octanol–water partition coefficient (Wildman–Crippen LogP) is 1.63. The fraction of sp³-hybridized carbons (Fsp3) is 0.182. The zero-order chi connectivity index (χ0) is 12.3. The van der Waals surface area contributed by atoms with Gasteiger partial charge >= 0.3 is 6.09 Å². The van der Waals surface area contributed by atoms with Crippen molar-refractivity contribution in [1.82, 2.24) is 10.5 Å². The van der Waals surface area contributed by atoms with Gasteiger partial charge in [-0.25, -0.2) is 10.3 Å². The summed E-state index contributed by atoms with van der Waals surface area (Å²) in [6.45, 7) is 0.347. The number of benzene rings is 1. The first-order valence-corrected chi connectivity index (χ1v) is 5.17. The van der Waals surface area contributed by atoms with Gasteiger partial charge in [-0.05, 0) is 6.07 Å². The number of rotatable bonds is 4. The number of carbonyl (C=O) groups is 1. The van der Waals surface area contributed by atoms with Crippen LogP contribution in [-0.2, 0) is 0 Å². The normalized spacial score (nSPS) is 10.6. The van der Waals surface area contributed by atoms with E-state index in [2.05, 4.69) is 4.98 Å². The molecule has 4 N–H and O–H groups in total. The zero-order valence-electron chi connectivity index (χ0n) is 9.05. The molecule has 0 aliphatic heterocycles. The van der Waals surface area contributed by atoms with Crippen molar-refractivity contribution < 1.29 is 15.1 Å². The lowest BCUT2D eigenvalue weighted by molar-refractivity contribution is 0.167. The molecule has 6 heteroatoms. The Morgan fingerprint density at radius 3 is 2.88 bits per heavy atom. The first-order chi connectivity index (χ1) is 8.24. The Bertz CT molecular complexity index is 523. The van der Waals surface area contributed by atoms with Crippen LogP contribution in [0.25, 0.3) is 10.9 Å². The number of fused-ring (bicyclic) bond motifs is 1. The quantitative estimate of drug-likeness (QED) is 0.606. The van der Waals surface area contributed by atoms with Crippen molar-refractivity contribution in [2.45, 2.75) is 0 Å². The Labute approximate surface area is 97.4 Å². The lowest BCUT2D eigenvalue weighted by Gasteiger charge is -2.17. The molecular weight excluding hydrogens is 222 g/mol. The standard InChI is InChI=1S/C11H13N3O3/c15-11(16)14(6-5-13-17)10-7-12-9-4-2-1-3-8(9)10/h1-4,7,12-13,17H,5-6H2,(H,15,16). The van der Waals surface area contributed by atoms with Gasteiger partial charge in [0.25, 0.3) is 0 Å². The number of nitrogens with one attached hydrogen (secondary N) is 2. The SMILES string of the molecule is O=C(O)N(CCNO)c1c[nH]c2ccccc12. The average Bonchev–Trinajstić information content (AvgIpc) is 2.73. The molecule has 17 heavy (non-hydrogen) atoms. The summed E-state index contributed by atoms with van der Waals surface area (Å²) in [4.78, 5) is 15.3. The lowest BCUT2D eigenvalue weighted by atomic mass is 10.2. The zero-order valence-corrected chi connectivity index (χ0v) is 9.05. The Morgan fingerprint density at radius 1 is 1.41 bits per heavy atom. The summed E-state index contributed by atoms with van der Waals surface area (Å²) in [6, 6.07) is 7.46. The molecule has 90 valence electrons. The van der Waals surface area contributed by atoms with E-state index in [1.807, 2.05) is 29.7 Å². The second-order valence-corrected chi connectivity index (χ2v) is 3.56. The minimum Gasteiger partial charge on any atom is -0.465 e. The minimum atomic E-state index is -1.05. The number of aromatic amines is 1. The first-order valence-electron chi connectivity index (χ1n) is 5.17. The number of hydroxylamine groups is 1. The Balaban J connectivity index is 2.38.